The van der Waals surface area contributed by atoms with Gasteiger partial charge in [-0.15, -0.1) is 0 Å². The molecule has 1 nitrogen and oxygen atoms in total. The summed E-state index contributed by atoms with van der Waals surface area (Å²) in [5.41, 5.74) is 2.53. The van der Waals surface area contributed by atoms with Crippen molar-refractivity contribution in [2.45, 2.75) is 19.4 Å². The van der Waals surface area contributed by atoms with E-state index in [1.807, 2.05) is 18.2 Å². The molecule has 0 saturated carbocycles. The Morgan fingerprint density at radius 2 is 2.00 bits per heavy atom. The number of rotatable bonds is 1. The zero-order valence-electron chi connectivity index (χ0n) is 7.46. The van der Waals surface area contributed by atoms with E-state index in [0.29, 0.717) is 0 Å². The van der Waals surface area contributed by atoms with E-state index in [1.54, 1.807) is 0 Å². The molecule has 68 valence electrons. The predicted molar refractivity (Wildman–Crippen MR) is 56.5 cm³/mol. The molecule has 2 heteroatoms. The molecule has 0 spiro atoms. The lowest BCUT2D eigenvalue weighted by Gasteiger charge is -2.10. The number of hydrogen-bond acceptors (Lipinski definition) is 1. The summed E-state index contributed by atoms with van der Waals surface area (Å²) in [6.45, 7) is 2.09. The van der Waals surface area contributed by atoms with Gasteiger partial charge in [-0.05, 0) is 34.0 Å². The molecule has 1 aliphatic heterocycles. The van der Waals surface area contributed by atoms with Crippen LogP contribution in [0.2, 0.25) is 0 Å². The molecule has 13 heavy (non-hydrogen) atoms. The van der Waals surface area contributed by atoms with Gasteiger partial charge in [0, 0.05) is 6.42 Å². The molecule has 1 aromatic rings. The molecule has 0 aromatic heterocycles. The lowest BCUT2D eigenvalue weighted by molar-refractivity contribution is 0.167. The van der Waals surface area contributed by atoms with Crippen LogP contribution in [-0.2, 0) is 4.74 Å². The summed E-state index contributed by atoms with van der Waals surface area (Å²) in [5.74, 6) is 0. The first kappa shape index (κ1) is 8.82. The summed E-state index contributed by atoms with van der Waals surface area (Å²) < 4.78 is 6.56. The molecule has 0 saturated heterocycles. The Morgan fingerprint density at radius 3 is 2.54 bits per heavy atom. The van der Waals surface area contributed by atoms with Crippen molar-refractivity contribution in [3.63, 3.8) is 0 Å². The third-order valence-corrected chi connectivity index (χ3v) is 3.11. The van der Waals surface area contributed by atoms with Crippen molar-refractivity contribution in [2.24, 2.45) is 0 Å². The van der Waals surface area contributed by atoms with E-state index >= 15 is 0 Å². The third kappa shape index (κ3) is 1.78. The maximum absolute atomic E-state index is 5.66. The van der Waals surface area contributed by atoms with E-state index < -0.39 is 0 Å². The lowest BCUT2D eigenvalue weighted by Crippen LogP contribution is -1.95. The third-order valence-electron chi connectivity index (χ3n) is 2.24. The van der Waals surface area contributed by atoms with E-state index in [4.69, 9.17) is 4.74 Å². The van der Waals surface area contributed by atoms with Gasteiger partial charge in [0.1, 0.15) is 6.10 Å². The highest BCUT2D eigenvalue weighted by atomic mass is 79.9. The van der Waals surface area contributed by atoms with Crippen molar-refractivity contribution in [3.8, 4) is 0 Å². The molecule has 2 rings (SSSR count). The molecule has 0 bridgehead atoms. The second kappa shape index (κ2) is 3.54. The van der Waals surface area contributed by atoms with Crippen molar-refractivity contribution >= 4 is 15.9 Å². The smallest absolute Gasteiger partial charge is 0.162 e. The Kier molecular flexibility index (Phi) is 2.40. The average Bonchev–Trinajstić information content (AvgIpc) is 2.49. The van der Waals surface area contributed by atoms with Gasteiger partial charge in [-0.3, -0.25) is 0 Å². The number of halogens is 1. The molecule has 1 unspecified atom stereocenters. The molecule has 1 aromatic carbocycles. The molecule has 0 radical (unpaired) electrons. The highest BCUT2D eigenvalue weighted by Gasteiger charge is 2.22. The minimum Gasteiger partial charge on any atom is -0.479 e. The molecule has 0 fully saturated rings. The first-order valence-corrected chi connectivity index (χ1v) is 5.13. The molecule has 0 amide bonds. The van der Waals surface area contributed by atoms with Crippen LogP contribution >= 0.6 is 15.9 Å². The Balaban J connectivity index is 2.16. The summed E-state index contributed by atoms with van der Waals surface area (Å²) in [7, 11) is 0. The van der Waals surface area contributed by atoms with Gasteiger partial charge < -0.3 is 4.74 Å². The Labute approximate surface area is 86.5 Å². The SMILES string of the molecule is CC1=C(Br)OC(c2ccccc2)C1. The number of hydrogen-bond donors (Lipinski definition) is 0. The molecule has 1 heterocycles. The second-order valence-electron chi connectivity index (χ2n) is 3.28. The van der Waals surface area contributed by atoms with E-state index in [2.05, 4.69) is 35.0 Å². The van der Waals surface area contributed by atoms with Crippen LogP contribution in [0.4, 0.5) is 0 Å². The minimum absolute atomic E-state index is 0.204. The van der Waals surface area contributed by atoms with Gasteiger partial charge in [-0.2, -0.15) is 0 Å². The van der Waals surface area contributed by atoms with Crippen LogP contribution < -0.4 is 0 Å². The first-order chi connectivity index (χ1) is 6.27. The van der Waals surface area contributed by atoms with Gasteiger partial charge in [-0.25, -0.2) is 0 Å². The molecular weight excluding hydrogens is 228 g/mol. The van der Waals surface area contributed by atoms with Crippen LogP contribution in [0.3, 0.4) is 0 Å². The summed E-state index contributed by atoms with van der Waals surface area (Å²) in [4.78, 5) is 0. The van der Waals surface area contributed by atoms with E-state index in [-0.39, 0.29) is 6.10 Å². The van der Waals surface area contributed by atoms with Gasteiger partial charge in [0.2, 0.25) is 0 Å². The van der Waals surface area contributed by atoms with Crippen LogP contribution in [0.1, 0.15) is 25.0 Å². The highest BCUT2D eigenvalue weighted by molar-refractivity contribution is 9.11. The molecular formula is C11H11BrO. The summed E-state index contributed by atoms with van der Waals surface area (Å²) in [6, 6.07) is 10.3. The fourth-order valence-corrected chi connectivity index (χ4v) is 1.87. The van der Waals surface area contributed by atoms with Gasteiger partial charge in [0.15, 0.2) is 4.67 Å². The standard InChI is InChI=1S/C11H11BrO/c1-8-7-10(13-11(8)12)9-5-3-2-4-6-9/h2-6,10H,7H2,1H3. The van der Waals surface area contributed by atoms with Crippen LogP contribution in [0, 0.1) is 0 Å². The van der Waals surface area contributed by atoms with Crippen LogP contribution in [0.5, 0.6) is 0 Å². The zero-order chi connectivity index (χ0) is 9.26. The van der Waals surface area contributed by atoms with E-state index in [1.165, 1.54) is 11.1 Å². The Hall–Kier alpha value is -0.760. The maximum Gasteiger partial charge on any atom is 0.162 e. The summed E-state index contributed by atoms with van der Waals surface area (Å²) in [5, 5.41) is 0. The Bertz CT molecular complexity index is 315. The van der Waals surface area contributed by atoms with Crippen molar-refractivity contribution in [1.82, 2.24) is 0 Å². The lowest BCUT2D eigenvalue weighted by atomic mass is 10.1. The van der Waals surface area contributed by atoms with Crippen LogP contribution in [0.25, 0.3) is 0 Å². The maximum atomic E-state index is 5.66. The molecule has 1 aliphatic rings. The zero-order valence-corrected chi connectivity index (χ0v) is 9.04. The van der Waals surface area contributed by atoms with Crippen molar-refractivity contribution in [2.75, 3.05) is 0 Å². The fraction of sp³-hybridized carbons (Fsp3) is 0.273. The minimum atomic E-state index is 0.204. The average molecular weight is 239 g/mol. The first-order valence-electron chi connectivity index (χ1n) is 4.34. The normalized spacial score (nSPS) is 21.8. The summed E-state index contributed by atoms with van der Waals surface area (Å²) >= 11 is 3.40. The van der Waals surface area contributed by atoms with Crippen LogP contribution in [-0.4, -0.2) is 0 Å². The van der Waals surface area contributed by atoms with Gasteiger partial charge in [0.25, 0.3) is 0 Å². The molecule has 0 aliphatic carbocycles. The largest absolute Gasteiger partial charge is 0.479 e. The fourth-order valence-electron chi connectivity index (χ4n) is 1.48. The topological polar surface area (TPSA) is 9.23 Å². The van der Waals surface area contributed by atoms with Gasteiger partial charge >= 0.3 is 0 Å². The number of benzene rings is 1. The van der Waals surface area contributed by atoms with Crippen LogP contribution in [0.15, 0.2) is 40.6 Å². The van der Waals surface area contributed by atoms with Crippen molar-refractivity contribution in [3.05, 3.63) is 46.1 Å². The predicted octanol–water partition coefficient (Wildman–Crippen LogP) is 3.77. The monoisotopic (exact) mass is 238 g/mol. The second-order valence-corrected chi connectivity index (χ2v) is 4.00. The van der Waals surface area contributed by atoms with Gasteiger partial charge in [-0.1, -0.05) is 30.3 Å². The van der Waals surface area contributed by atoms with E-state index in [9.17, 15) is 0 Å². The highest BCUT2D eigenvalue weighted by Crippen LogP contribution is 2.37. The Morgan fingerprint density at radius 1 is 1.31 bits per heavy atom. The van der Waals surface area contributed by atoms with E-state index in [0.717, 1.165) is 11.1 Å². The number of ether oxygens (including phenoxy) is 1. The summed E-state index contributed by atoms with van der Waals surface area (Å²) in [6.07, 6.45) is 1.19. The van der Waals surface area contributed by atoms with Crippen molar-refractivity contribution in [1.29, 1.82) is 0 Å². The van der Waals surface area contributed by atoms with Crippen molar-refractivity contribution < 1.29 is 4.74 Å². The molecule has 0 N–H and O–H groups in total. The quantitative estimate of drug-likeness (QED) is 0.724. The van der Waals surface area contributed by atoms with Gasteiger partial charge in [0.05, 0.1) is 0 Å². The molecule has 1 atom stereocenters.